The topological polar surface area (TPSA) is 650 Å². The molecule has 12 amide bonds. The van der Waals surface area contributed by atoms with E-state index in [1.54, 1.807) is 72.0 Å². The molecule has 3 aromatic rings. The first-order valence-electron chi connectivity index (χ1n) is 37.2. The highest BCUT2D eigenvalue weighted by Crippen LogP contribution is 2.22. The Morgan fingerprint density at radius 3 is 1.76 bits per heavy atom. The van der Waals surface area contributed by atoms with Gasteiger partial charge >= 0.3 is 17.9 Å². The fraction of sp³-hybridized carbons (Fsp3) is 0.597. The highest BCUT2D eigenvalue weighted by atomic mass is 16.4. The van der Waals surface area contributed by atoms with E-state index in [0.29, 0.717) is 28.6 Å². The van der Waals surface area contributed by atoms with E-state index >= 15 is 14.4 Å². The third kappa shape index (κ3) is 31.9. The zero-order valence-corrected chi connectivity index (χ0v) is 63.9. The number of H-pyrrole nitrogens is 2. The van der Waals surface area contributed by atoms with E-state index in [1.807, 2.05) is 5.32 Å². The van der Waals surface area contributed by atoms with Crippen molar-refractivity contribution in [3.63, 3.8) is 0 Å². The Balaban J connectivity index is 1.85. The SMILES string of the molecule is CC[C@H](C)[C@H](NC(=O)[C@H](Cc1cnc[nH]1)NC(=O)[C@H](CCCCN)NC(=O)[C@H](CCC(=O)O)NC(C)=O)C(=O)N[C@@H](Cc1c[nH]c2ccccc12)C(=O)NC1CCC(=O)C(=O)CCCC(C(=O)N[C@@H](CC(=O)O)C(=O)N[C@@H](CO)C(=O)O)NC(=O)[C@H](CC(C)C)NC(=O)[C@H](CC(C)C)NC(=O)C(CCCN=C(N)N)NC1=O. The third-order valence-electron chi connectivity index (χ3n) is 18.3. The summed E-state index contributed by atoms with van der Waals surface area (Å²) >= 11 is 0. The lowest BCUT2D eigenvalue weighted by atomic mass is 9.96. The highest BCUT2D eigenvalue weighted by Gasteiger charge is 2.40. The number of Topliss-reactive ketones (excluding diaryl/α,β-unsaturated/α-hetero) is 2. The summed E-state index contributed by atoms with van der Waals surface area (Å²) in [6, 6.07) is -12.9. The zero-order valence-electron chi connectivity index (χ0n) is 63.9. The maximum absolute atomic E-state index is 15.4. The average molecular weight is 1580 g/mol. The summed E-state index contributed by atoms with van der Waals surface area (Å²) < 4.78 is 0. The van der Waals surface area contributed by atoms with E-state index in [4.69, 9.17) is 17.2 Å². The number of hydrogen-bond donors (Lipinski definition) is 21. The summed E-state index contributed by atoms with van der Waals surface area (Å²) in [5.74, 6) is -20.9. The van der Waals surface area contributed by atoms with E-state index in [9.17, 15) is 87.5 Å². The number of amides is 12. The lowest BCUT2D eigenvalue weighted by molar-refractivity contribution is -0.144. The summed E-state index contributed by atoms with van der Waals surface area (Å²) in [7, 11) is 0. The van der Waals surface area contributed by atoms with Gasteiger partial charge in [-0.3, -0.25) is 81.7 Å². The Kier molecular flexibility index (Phi) is 38.9. The minimum absolute atomic E-state index is 0.0180. The molecular weight excluding hydrogens is 1470 g/mol. The molecule has 1 saturated heterocycles. The number of nitrogens with two attached hydrogens (primary N) is 3. The number of benzene rings is 1. The van der Waals surface area contributed by atoms with Crippen molar-refractivity contribution in [1.29, 1.82) is 0 Å². The van der Waals surface area contributed by atoms with Gasteiger partial charge in [-0.2, -0.15) is 0 Å². The summed E-state index contributed by atoms with van der Waals surface area (Å²) in [6.07, 6.45) is -1.22. The normalized spacial score (nSPS) is 19.0. The van der Waals surface area contributed by atoms with Crippen LogP contribution in [0.2, 0.25) is 0 Å². The molecule has 0 aliphatic carbocycles. The summed E-state index contributed by atoms with van der Waals surface area (Å²) in [6.45, 7) is 10.2. The fourth-order valence-corrected chi connectivity index (χ4v) is 12.1. The van der Waals surface area contributed by atoms with Gasteiger partial charge in [0.2, 0.25) is 70.9 Å². The molecule has 1 fully saturated rings. The number of nitrogens with one attached hydrogen (secondary N) is 14. The molecule has 0 spiro atoms. The number of nitrogens with zero attached hydrogens (tertiary/aromatic N) is 2. The number of carboxylic acids is 3. The fourth-order valence-electron chi connectivity index (χ4n) is 12.1. The Labute approximate surface area is 645 Å². The number of aliphatic carboxylic acids is 3. The summed E-state index contributed by atoms with van der Waals surface area (Å²) in [5.41, 5.74) is 18.4. The molecular formula is C72H109N19O21. The van der Waals surface area contributed by atoms with Gasteiger partial charge in [0.05, 0.1) is 19.4 Å². The van der Waals surface area contributed by atoms with Crippen LogP contribution in [0.25, 0.3) is 10.9 Å². The minimum atomic E-state index is -2.04. The van der Waals surface area contributed by atoms with Crippen molar-refractivity contribution in [3.8, 4) is 0 Å². The first-order valence-corrected chi connectivity index (χ1v) is 37.2. The Bertz CT molecular complexity index is 3800. The van der Waals surface area contributed by atoms with E-state index in [2.05, 4.69) is 78.4 Å². The first kappa shape index (κ1) is 92.9. The number of aromatic nitrogens is 3. The number of fused-ring (bicyclic) bond motifs is 1. The maximum Gasteiger partial charge on any atom is 0.328 e. The molecule has 0 bridgehead atoms. The molecule has 40 nitrogen and oxygen atoms in total. The van der Waals surface area contributed by atoms with Crippen LogP contribution in [0.3, 0.4) is 0 Å². The number of ketones is 2. The maximum atomic E-state index is 15.4. The number of carbonyl (C=O) groups is 17. The molecule has 0 radical (unpaired) electrons. The van der Waals surface area contributed by atoms with Crippen molar-refractivity contribution in [2.75, 3.05) is 19.7 Å². The quantitative estimate of drug-likeness (QED) is 0.0113. The van der Waals surface area contributed by atoms with Crippen molar-refractivity contribution >= 4 is 117 Å². The molecule has 112 heavy (non-hydrogen) atoms. The first-order chi connectivity index (χ1) is 52.9. The van der Waals surface area contributed by atoms with Gasteiger partial charge in [-0.15, -0.1) is 0 Å². The Morgan fingerprint density at radius 1 is 0.607 bits per heavy atom. The number of aliphatic imine (C=N–C) groups is 1. The minimum Gasteiger partial charge on any atom is -0.481 e. The van der Waals surface area contributed by atoms with Gasteiger partial charge in [-0.05, 0) is 107 Å². The number of aromatic amines is 2. The van der Waals surface area contributed by atoms with Gasteiger partial charge in [0.25, 0.3) is 0 Å². The lowest BCUT2D eigenvalue weighted by Crippen LogP contribution is -2.62. The predicted octanol–water partition coefficient (Wildman–Crippen LogP) is -3.65. The molecule has 4 rings (SSSR count). The molecule has 1 aliphatic heterocycles. The molecule has 13 atom stereocenters. The molecule has 3 unspecified atom stereocenters. The number of hydrogen-bond acceptors (Lipinski definition) is 21. The van der Waals surface area contributed by atoms with Gasteiger partial charge in [-0.1, -0.05) is 66.2 Å². The third-order valence-corrected chi connectivity index (χ3v) is 18.3. The van der Waals surface area contributed by atoms with Gasteiger partial charge in [0.15, 0.2) is 17.5 Å². The van der Waals surface area contributed by atoms with Gasteiger partial charge in [0, 0.05) is 74.6 Å². The van der Waals surface area contributed by atoms with Crippen LogP contribution in [0.4, 0.5) is 0 Å². The van der Waals surface area contributed by atoms with Crippen molar-refractivity contribution < 1.29 is 102 Å². The molecule has 24 N–H and O–H groups in total. The Hall–Kier alpha value is -11.4. The van der Waals surface area contributed by atoms with Crippen molar-refractivity contribution in [2.24, 2.45) is 39.9 Å². The van der Waals surface area contributed by atoms with E-state index in [0.717, 1.165) is 6.92 Å². The monoisotopic (exact) mass is 1580 g/mol. The number of imidazole rings is 1. The number of guanidine groups is 1. The van der Waals surface area contributed by atoms with Crippen LogP contribution >= 0.6 is 0 Å². The Morgan fingerprint density at radius 2 is 1.18 bits per heavy atom. The van der Waals surface area contributed by atoms with Crippen LogP contribution in [0.15, 0.2) is 48.0 Å². The number of carbonyl (C=O) groups excluding carboxylic acids is 14. The van der Waals surface area contributed by atoms with Crippen LogP contribution in [0.1, 0.15) is 162 Å². The molecule has 2 aromatic heterocycles. The largest absolute Gasteiger partial charge is 0.481 e. The second-order valence-electron chi connectivity index (χ2n) is 28.4. The number of carboxylic acid groups (broad SMARTS) is 3. The molecule has 3 heterocycles. The molecule has 1 aromatic carbocycles. The highest BCUT2D eigenvalue weighted by molar-refractivity contribution is 6.37. The number of rotatable bonds is 40. The smallest absolute Gasteiger partial charge is 0.328 e. The summed E-state index contributed by atoms with van der Waals surface area (Å²) in [5, 5.41) is 68.9. The number of para-hydroxylation sites is 1. The predicted molar refractivity (Wildman–Crippen MR) is 401 cm³/mol. The van der Waals surface area contributed by atoms with Crippen LogP contribution in [-0.2, 0) is 94.3 Å². The van der Waals surface area contributed by atoms with Crippen LogP contribution in [-0.4, -0.2) is 234 Å². The van der Waals surface area contributed by atoms with E-state index < -0.39 is 230 Å². The molecule has 618 valence electrons. The van der Waals surface area contributed by atoms with Crippen LogP contribution < -0.4 is 81.0 Å². The molecule has 0 saturated carbocycles. The van der Waals surface area contributed by atoms with E-state index in [-0.39, 0.29) is 95.1 Å². The second-order valence-corrected chi connectivity index (χ2v) is 28.4. The second kappa shape index (κ2) is 46.9. The van der Waals surface area contributed by atoms with Crippen LogP contribution in [0.5, 0.6) is 0 Å². The molecule has 40 heteroatoms. The van der Waals surface area contributed by atoms with Crippen molar-refractivity contribution in [1.82, 2.24) is 78.8 Å². The average Bonchev–Trinajstić information content (AvgIpc) is 1.64. The van der Waals surface area contributed by atoms with Crippen LogP contribution in [0, 0.1) is 17.8 Å². The lowest BCUT2D eigenvalue weighted by Gasteiger charge is -2.30. The summed E-state index contributed by atoms with van der Waals surface area (Å²) in [4.78, 5) is 250. The van der Waals surface area contributed by atoms with Gasteiger partial charge in [0.1, 0.15) is 72.5 Å². The van der Waals surface area contributed by atoms with Gasteiger partial charge in [-0.25, -0.2) is 9.78 Å². The molecule has 1 aliphatic rings. The number of aliphatic hydroxyl groups is 1. The number of aliphatic hydroxyl groups excluding tert-OH is 1. The zero-order chi connectivity index (χ0) is 83.5. The van der Waals surface area contributed by atoms with E-state index in [1.165, 1.54) is 12.5 Å². The van der Waals surface area contributed by atoms with Crippen molar-refractivity contribution in [2.45, 2.75) is 237 Å². The standard InChI is InChI=1S/C72H109N19O21/c1-8-38(6)59(91-69(109)52(30-41-33-76-35-79-41)87-60(100)44(17-11-12-25-73)81-63(103)47(80-39(7)93)22-24-57(96)97)70(110)89-51(29-40-32-78-43-16-10-9-15-42(40)43)67(107)84-48-21-23-56(95)55(94)20-13-18-45(61(101)88-53(31-58(98)99)68(108)90-54(34-92)71(111)112)83-65(105)49(27-36(2)3)86-66(106)50(28-37(4)5)85-62(102)46(82-64(48)104)19-14-26-77-72(74)75/h9-10,15-16,32-33,35-38,44-54,59,78,92H,8,11-14,17-31,34,73H2,1-7H3,(H,76,79)(H,80,93)(H,81,103)(H,82,104)(H,83,105)(H,84,107)(H,85,102)(H,86,106)(H,87,100)(H,88,101)(H,89,110)(H,90,108)(H,91,109)(H,96,97)(H,98,99)(H,111,112)(H4,74,75,77)/t38-,44-,45?,46?,47-,48?,49-,50-,51-,52-,53-,54-,59-/m0/s1. The van der Waals surface area contributed by atoms with Crippen molar-refractivity contribution in [3.05, 3.63) is 54.2 Å². The number of unbranched alkanes of at least 4 members (excludes halogenated alkanes) is 1. The van der Waals surface area contributed by atoms with Gasteiger partial charge < -0.3 is 111 Å².